The van der Waals surface area contributed by atoms with Gasteiger partial charge < -0.3 is 15.0 Å². The number of non-ortho nitro benzene ring substituents is 1. The molecule has 0 fully saturated rings. The number of carbonyl (C=O) groups is 2. The Morgan fingerprint density at radius 3 is 2.75 bits per heavy atom. The molecule has 2 amide bonds. The van der Waals surface area contributed by atoms with Gasteiger partial charge in [0.1, 0.15) is 5.75 Å². The van der Waals surface area contributed by atoms with E-state index in [0.29, 0.717) is 0 Å². The summed E-state index contributed by atoms with van der Waals surface area (Å²) < 4.78 is 5.17. The molecule has 0 atom stereocenters. The average molecular weight is 281 g/mol. The monoisotopic (exact) mass is 281 g/mol. The largest absolute Gasteiger partial charge is 0.484 e. The van der Waals surface area contributed by atoms with Crippen LogP contribution >= 0.6 is 0 Å². The van der Waals surface area contributed by atoms with Gasteiger partial charge in [-0.15, -0.1) is 0 Å². The first-order chi connectivity index (χ1) is 9.43. The van der Waals surface area contributed by atoms with Gasteiger partial charge in [-0.1, -0.05) is 6.07 Å². The van der Waals surface area contributed by atoms with E-state index in [0.717, 1.165) is 0 Å². The van der Waals surface area contributed by atoms with Crippen molar-refractivity contribution in [2.75, 3.05) is 27.2 Å². The van der Waals surface area contributed by atoms with Crippen LogP contribution in [0.15, 0.2) is 24.3 Å². The van der Waals surface area contributed by atoms with Crippen LogP contribution in [-0.4, -0.2) is 48.9 Å². The van der Waals surface area contributed by atoms with E-state index < -0.39 is 10.8 Å². The summed E-state index contributed by atoms with van der Waals surface area (Å²) in [5, 5.41) is 13.0. The van der Waals surface area contributed by atoms with Crippen molar-refractivity contribution in [3.63, 3.8) is 0 Å². The van der Waals surface area contributed by atoms with Gasteiger partial charge in [0, 0.05) is 20.2 Å². The summed E-state index contributed by atoms with van der Waals surface area (Å²) >= 11 is 0. The van der Waals surface area contributed by atoms with E-state index in [9.17, 15) is 19.7 Å². The van der Waals surface area contributed by atoms with Crippen molar-refractivity contribution in [1.82, 2.24) is 10.2 Å². The number of nitrogens with zero attached hydrogens (tertiary/aromatic N) is 2. The molecule has 0 saturated carbocycles. The fourth-order valence-electron chi connectivity index (χ4n) is 1.32. The van der Waals surface area contributed by atoms with Crippen LogP contribution in [0, 0.1) is 10.1 Å². The normalized spacial score (nSPS) is 9.70. The number of likely N-dealkylation sites (N-methyl/N-ethyl adjacent to an activating group) is 2. The van der Waals surface area contributed by atoms with E-state index in [2.05, 4.69) is 5.32 Å². The summed E-state index contributed by atoms with van der Waals surface area (Å²) in [5.41, 5.74) is -0.117. The molecule has 8 nitrogen and oxygen atoms in total. The Bertz CT molecular complexity index is 518. The number of benzene rings is 1. The number of hydrogen-bond donors (Lipinski definition) is 1. The van der Waals surface area contributed by atoms with Crippen LogP contribution in [0.5, 0.6) is 5.75 Å². The van der Waals surface area contributed by atoms with Gasteiger partial charge in [-0.3, -0.25) is 19.7 Å². The van der Waals surface area contributed by atoms with Gasteiger partial charge in [-0.2, -0.15) is 0 Å². The second-order valence-electron chi connectivity index (χ2n) is 3.97. The van der Waals surface area contributed by atoms with Crippen molar-refractivity contribution in [2.24, 2.45) is 0 Å². The van der Waals surface area contributed by atoms with Crippen molar-refractivity contribution in [3.8, 4) is 5.75 Å². The first-order valence-electron chi connectivity index (χ1n) is 5.76. The lowest BCUT2D eigenvalue weighted by molar-refractivity contribution is -0.384. The average Bonchev–Trinajstić information content (AvgIpc) is 2.44. The minimum absolute atomic E-state index is 0.0758. The maximum absolute atomic E-state index is 11.7. The molecule has 0 bridgehead atoms. The molecule has 1 aromatic rings. The van der Waals surface area contributed by atoms with E-state index in [1.54, 1.807) is 0 Å². The van der Waals surface area contributed by atoms with E-state index in [1.165, 1.54) is 43.3 Å². The lowest BCUT2D eigenvalue weighted by Gasteiger charge is -2.16. The molecule has 0 heterocycles. The minimum Gasteiger partial charge on any atom is -0.484 e. The molecule has 8 heteroatoms. The summed E-state index contributed by atoms with van der Waals surface area (Å²) in [5.74, 6) is -0.475. The van der Waals surface area contributed by atoms with E-state index in [1.807, 2.05) is 0 Å². The maximum Gasteiger partial charge on any atom is 0.273 e. The summed E-state index contributed by atoms with van der Waals surface area (Å²) in [6.07, 6.45) is 0. The molecular formula is C12H15N3O5. The van der Waals surface area contributed by atoms with Gasteiger partial charge in [-0.25, -0.2) is 0 Å². The van der Waals surface area contributed by atoms with Gasteiger partial charge in [0.2, 0.25) is 5.91 Å². The number of nitro benzene ring substituents is 1. The Morgan fingerprint density at radius 1 is 1.45 bits per heavy atom. The van der Waals surface area contributed by atoms with Crippen molar-refractivity contribution < 1.29 is 19.2 Å². The van der Waals surface area contributed by atoms with E-state index in [4.69, 9.17) is 4.74 Å². The molecule has 1 aromatic carbocycles. The molecule has 0 aliphatic rings. The zero-order valence-corrected chi connectivity index (χ0v) is 11.2. The van der Waals surface area contributed by atoms with Crippen molar-refractivity contribution in [1.29, 1.82) is 0 Å². The Balaban J connectivity index is 2.54. The Kier molecular flexibility index (Phi) is 5.45. The van der Waals surface area contributed by atoms with Crippen LogP contribution in [0.4, 0.5) is 5.69 Å². The summed E-state index contributed by atoms with van der Waals surface area (Å²) in [6, 6.07) is 5.53. The smallest absolute Gasteiger partial charge is 0.273 e. The number of nitrogens with one attached hydrogen (secondary N) is 1. The van der Waals surface area contributed by atoms with Crippen molar-refractivity contribution in [2.45, 2.75) is 0 Å². The highest BCUT2D eigenvalue weighted by Gasteiger charge is 2.13. The van der Waals surface area contributed by atoms with Gasteiger partial charge in [0.05, 0.1) is 17.5 Å². The second kappa shape index (κ2) is 7.07. The Hall–Kier alpha value is -2.64. The fraction of sp³-hybridized carbons (Fsp3) is 0.333. The molecule has 0 spiro atoms. The highest BCUT2D eigenvalue weighted by Crippen LogP contribution is 2.18. The lowest BCUT2D eigenvalue weighted by Crippen LogP contribution is -2.39. The summed E-state index contributed by atoms with van der Waals surface area (Å²) in [7, 11) is 2.94. The highest BCUT2D eigenvalue weighted by atomic mass is 16.6. The zero-order valence-electron chi connectivity index (χ0n) is 11.2. The van der Waals surface area contributed by atoms with Crippen molar-refractivity contribution >= 4 is 17.5 Å². The van der Waals surface area contributed by atoms with Gasteiger partial charge in [0.25, 0.3) is 11.6 Å². The maximum atomic E-state index is 11.7. The summed E-state index contributed by atoms with van der Waals surface area (Å²) in [4.78, 5) is 34.0. The Morgan fingerprint density at radius 2 is 2.15 bits per heavy atom. The molecule has 1 rings (SSSR count). The predicted molar refractivity (Wildman–Crippen MR) is 70.3 cm³/mol. The molecular weight excluding hydrogens is 266 g/mol. The predicted octanol–water partition coefficient (Wildman–Crippen LogP) is 0.178. The van der Waals surface area contributed by atoms with Gasteiger partial charge in [0.15, 0.2) is 6.61 Å². The van der Waals surface area contributed by atoms with Crippen LogP contribution < -0.4 is 10.1 Å². The van der Waals surface area contributed by atoms with Gasteiger partial charge >= 0.3 is 0 Å². The number of hydrogen-bond acceptors (Lipinski definition) is 5. The standard InChI is InChI=1S/C12H15N3O5/c1-13-11(16)7-14(2)12(17)8-20-10-5-3-4-9(6-10)15(18)19/h3-6H,7-8H2,1-2H3,(H,13,16). The molecule has 0 aliphatic carbocycles. The molecule has 0 radical (unpaired) electrons. The number of rotatable bonds is 6. The number of nitro groups is 1. The SMILES string of the molecule is CNC(=O)CN(C)C(=O)COc1cccc([N+](=O)[O-])c1. The third kappa shape index (κ3) is 4.56. The first-order valence-corrected chi connectivity index (χ1v) is 5.76. The number of carbonyl (C=O) groups excluding carboxylic acids is 2. The molecule has 1 N–H and O–H groups in total. The van der Waals surface area contributed by atoms with Crippen LogP contribution in [0.25, 0.3) is 0 Å². The van der Waals surface area contributed by atoms with Crippen LogP contribution in [0.2, 0.25) is 0 Å². The number of ether oxygens (including phenoxy) is 1. The quantitative estimate of drug-likeness (QED) is 0.592. The van der Waals surface area contributed by atoms with Crippen LogP contribution in [-0.2, 0) is 9.59 Å². The molecule has 0 aliphatic heterocycles. The second-order valence-corrected chi connectivity index (χ2v) is 3.97. The molecule has 0 saturated heterocycles. The van der Waals surface area contributed by atoms with Gasteiger partial charge in [-0.05, 0) is 6.07 Å². The zero-order chi connectivity index (χ0) is 15.1. The molecule has 108 valence electrons. The van der Waals surface area contributed by atoms with Crippen LogP contribution in [0.1, 0.15) is 0 Å². The number of amides is 2. The molecule has 20 heavy (non-hydrogen) atoms. The summed E-state index contributed by atoms with van der Waals surface area (Å²) in [6.45, 7) is -0.373. The third-order valence-corrected chi connectivity index (χ3v) is 2.48. The van der Waals surface area contributed by atoms with E-state index >= 15 is 0 Å². The topological polar surface area (TPSA) is 102 Å². The van der Waals surface area contributed by atoms with Crippen LogP contribution in [0.3, 0.4) is 0 Å². The Labute approximate surface area is 115 Å². The molecule has 0 unspecified atom stereocenters. The third-order valence-electron chi connectivity index (χ3n) is 2.48. The van der Waals surface area contributed by atoms with E-state index in [-0.39, 0.29) is 30.5 Å². The minimum atomic E-state index is -0.549. The van der Waals surface area contributed by atoms with Crippen molar-refractivity contribution in [3.05, 3.63) is 34.4 Å². The lowest BCUT2D eigenvalue weighted by atomic mass is 10.3. The fourth-order valence-corrected chi connectivity index (χ4v) is 1.32. The first kappa shape index (κ1) is 15.4. The molecule has 0 aromatic heterocycles. The highest BCUT2D eigenvalue weighted by molar-refractivity contribution is 5.85.